The number of nitrogens with one attached hydrogen (secondary N) is 1. The number of halogens is 2. The minimum Gasteiger partial charge on any atom is -0.355 e. The van der Waals surface area contributed by atoms with E-state index in [0.717, 1.165) is 4.88 Å². The van der Waals surface area contributed by atoms with Crippen molar-refractivity contribution in [1.29, 1.82) is 0 Å². The standard InChI is InChI=1S/C21H18F2N3O3PS/c1-12-5-6-14(9-17(12)23)18-10-16-20(24-11-25-21(16)31-18)26-19(30(27,28)29)8-13-3-2-4-15(22)7-13/h2-7,9-11,19H,8H2,1H3,(H,24,25,26)(H2,27,28,29). The Kier molecular flexibility index (Phi) is 5.85. The SMILES string of the molecule is Cc1ccc(-c2cc3c(NC(Cc4cccc(F)c4)P(=O)(O)O)ncnc3s2)cc1F. The van der Waals surface area contributed by atoms with Gasteiger partial charge in [-0.05, 0) is 47.9 Å². The highest BCUT2D eigenvalue weighted by molar-refractivity contribution is 7.52. The Hall–Kier alpha value is -2.71. The molecule has 160 valence electrons. The molecule has 4 aromatic rings. The minimum atomic E-state index is -4.60. The molecule has 10 heteroatoms. The average Bonchev–Trinajstić information content (AvgIpc) is 3.14. The Morgan fingerprint density at radius 2 is 1.94 bits per heavy atom. The van der Waals surface area contributed by atoms with Crippen LogP contribution in [0.2, 0.25) is 0 Å². The third-order valence-corrected chi connectivity index (χ3v) is 7.03. The molecule has 2 aromatic carbocycles. The Balaban J connectivity index is 1.69. The van der Waals surface area contributed by atoms with Crippen molar-refractivity contribution in [2.24, 2.45) is 0 Å². The van der Waals surface area contributed by atoms with Crippen LogP contribution in [0.15, 0.2) is 54.9 Å². The van der Waals surface area contributed by atoms with Crippen molar-refractivity contribution in [3.8, 4) is 10.4 Å². The van der Waals surface area contributed by atoms with E-state index in [9.17, 15) is 23.1 Å². The molecule has 2 heterocycles. The molecule has 1 unspecified atom stereocenters. The van der Waals surface area contributed by atoms with E-state index in [1.165, 1.54) is 41.9 Å². The van der Waals surface area contributed by atoms with Crippen LogP contribution >= 0.6 is 18.9 Å². The molecule has 0 aliphatic carbocycles. The number of thiophene rings is 1. The van der Waals surface area contributed by atoms with Crippen LogP contribution in [0, 0.1) is 18.6 Å². The van der Waals surface area contributed by atoms with E-state index in [1.54, 1.807) is 31.2 Å². The molecule has 0 aliphatic heterocycles. The van der Waals surface area contributed by atoms with Crippen molar-refractivity contribution in [3.05, 3.63) is 77.6 Å². The fourth-order valence-electron chi connectivity index (χ4n) is 3.16. The minimum absolute atomic E-state index is 0.103. The fraction of sp³-hybridized carbons (Fsp3) is 0.143. The van der Waals surface area contributed by atoms with E-state index in [0.29, 0.717) is 26.9 Å². The number of aromatic nitrogens is 2. The van der Waals surface area contributed by atoms with Crippen molar-refractivity contribution >= 4 is 35.0 Å². The maximum atomic E-state index is 14.0. The summed E-state index contributed by atoms with van der Waals surface area (Å²) in [5, 5.41) is 3.37. The first-order valence-electron chi connectivity index (χ1n) is 9.28. The molecular formula is C21H18F2N3O3PS. The van der Waals surface area contributed by atoms with Gasteiger partial charge in [-0.3, -0.25) is 4.57 Å². The number of benzene rings is 2. The highest BCUT2D eigenvalue weighted by Crippen LogP contribution is 2.44. The molecule has 0 amide bonds. The average molecular weight is 461 g/mol. The number of aryl methyl sites for hydroxylation is 1. The zero-order chi connectivity index (χ0) is 22.2. The maximum absolute atomic E-state index is 14.0. The van der Waals surface area contributed by atoms with Gasteiger partial charge in [0.2, 0.25) is 0 Å². The van der Waals surface area contributed by atoms with Gasteiger partial charge in [-0.1, -0.05) is 24.3 Å². The monoisotopic (exact) mass is 461 g/mol. The molecule has 0 aliphatic rings. The largest absolute Gasteiger partial charge is 0.355 e. The predicted octanol–water partition coefficient (Wildman–Crippen LogP) is 5.10. The number of hydrogen-bond acceptors (Lipinski definition) is 5. The lowest BCUT2D eigenvalue weighted by Gasteiger charge is -2.21. The molecule has 31 heavy (non-hydrogen) atoms. The molecule has 0 spiro atoms. The third kappa shape index (κ3) is 4.80. The normalized spacial score (nSPS) is 12.8. The van der Waals surface area contributed by atoms with Gasteiger partial charge >= 0.3 is 7.60 Å². The van der Waals surface area contributed by atoms with Gasteiger partial charge in [-0.25, -0.2) is 18.7 Å². The molecule has 0 bridgehead atoms. The van der Waals surface area contributed by atoms with Crippen LogP contribution in [0.25, 0.3) is 20.7 Å². The second-order valence-electron chi connectivity index (χ2n) is 7.10. The lowest BCUT2D eigenvalue weighted by molar-refractivity contribution is 0.361. The van der Waals surface area contributed by atoms with Gasteiger partial charge in [-0.15, -0.1) is 11.3 Å². The van der Waals surface area contributed by atoms with Crippen LogP contribution in [-0.4, -0.2) is 25.5 Å². The van der Waals surface area contributed by atoms with Gasteiger partial charge in [0.15, 0.2) is 0 Å². The molecule has 0 saturated heterocycles. The van der Waals surface area contributed by atoms with Crippen molar-refractivity contribution < 1.29 is 23.1 Å². The highest BCUT2D eigenvalue weighted by atomic mass is 32.1. The number of hydrogen-bond donors (Lipinski definition) is 3. The zero-order valence-electron chi connectivity index (χ0n) is 16.3. The first-order chi connectivity index (χ1) is 14.7. The number of nitrogens with zero attached hydrogens (tertiary/aromatic N) is 2. The first-order valence-corrected chi connectivity index (χ1v) is 11.8. The Morgan fingerprint density at radius 3 is 2.65 bits per heavy atom. The summed E-state index contributed by atoms with van der Waals surface area (Å²) in [4.78, 5) is 29.4. The van der Waals surface area contributed by atoms with Gasteiger partial charge in [0.1, 0.15) is 34.4 Å². The van der Waals surface area contributed by atoms with Gasteiger partial charge in [-0.2, -0.15) is 0 Å². The van der Waals surface area contributed by atoms with E-state index >= 15 is 0 Å². The smallest absolute Gasteiger partial charge is 0.347 e. The summed E-state index contributed by atoms with van der Waals surface area (Å²) < 4.78 is 39.6. The summed E-state index contributed by atoms with van der Waals surface area (Å²) in [5.74, 6) is -1.88. The van der Waals surface area contributed by atoms with Gasteiger partial charge < -0.3 is 15.1 Å². The van der Waals surface area contributed by atoms with E-state index in [1.807, 2.05) is 0 Å². The Bertz CT molecular complexity index is 1310. The Labute approximate surface area is 180 Å². The lowest BCUT2D eigenvalue weighted by atomic mass is 10.1. The fourth-order valence-corrected chi connectivity index (χ4v) is 4.89. The molecule has 4 rings (SSSR count). The summed E-state index contributed by atoms with van der Waals surface area (Å²) in [6, 6.07) is 12.2. The molecule has 2 aromatic heterocycles. The van der Waals surface area contributed by atoms with Crippen LogP contribution in [0.5, 0.6) is 0 Å². The van der Waals surface area contributed by atoms with Crippen molar-refractivity contribution in [2.45, 2.75) is 19.1 Å². The third-order valence-electron chi connectivity index (χ3n) is 4.81. The number of rotatable bonds is 6. The molecule has 1 atom stereocenters. The summed E-state index contributed by atoms with van der Waals surface area (Å²) in [6.45, 7) is 1.68. The second kappa shape index (κ2) is 8.43. The van der Waals surface area contributed by atoms with E-state index in [-0.39, 0.29) is 18.1 Å². The quantitative estimate of drug-likeness (QED) is 0.346. The van der Waals surface area contributed by atoms with Gasteiger partial charge in [0.25, 0.3) is 0 Å². The van der Waals surface area contributed by atoms with Crippen LogP contribution in [0.4, 0.5) is 14.6 Å². The molecule has 0 fully saturated rings. The summed E-state index contributed by atoms with van der Waals surface area (Å²) >= 11 is 1.32. The predicted molar refractivity (Wildman–Crippen MR) is 117 cm³/mol. The van der Waals surface area contributed by atoms with E-state index < -0.39 is 19.2 Å². The van der Waals surface area contributed by atoms with E-state index in [2.05, 4.69) is 15.3 Å². The van der Waals surface area contributed by atoms with Crippen molar-refractivity contribution in [1.82, 2.24) is 9.97 Å². The molecule has 0 radical (unpaired) electrons. The van der Waals surface area contributed by atoms with E-state index in [4.69, 9.17) is 0 Å². The molecule has 0 saturated carbocycles. The lowest BCUT2D eigenvalue weighted by Crippen LogP contribution is -2.23. The van der Waals surface area contributed by atoms with Crippen LogP contribution in [0.1, 0.15) is 11.1 Å². The molecule has 6 nitrogen and oxygen atoms in total. The van der Waals surface area contributed by atoms with Crippen LogP contribution in [-0.2, 0) is 11.0 Å². The Morgan fingerprint density at radius 1 is 1.13 bits per heavy atom. The van der Waals surface area contributed by atoms with Crippen molar-refractivity contribution in [3.63, 3.8) is 0 Å². The first kappa shape index (κ1) is 21.5. The van der Waals surface area contributed by atoms with Crippen molar-refractivity contribution in [2.75, 3.05) is 5.32 Å². The highest BCUT2D eigenvalue weighted by Gasteiger charge is 2.30. The summed E-state index contributed by atoms with van der Waals surface area (Å²) in [7, 11) is -4.60. The molecule has 3 N–H and O–H groups in total. The number of fused-ring (bicyclic) bond motifs is 1. The van der Waals surface area contributed by atoms with Crippen LogP contribution in [0.3, 0.4) is 0 Å². The van der Waals surface area contributed by atoms with Gasteiger partial charge in [0.05, 0.1) is 5.39 Å². The summed E-state index contributed by atoms with van der Waals surface area (Å²) in [6.07, 6.45) is 1.19. The maximum Gasteiger partial charge on any atom is 0.347 e. The van der Waals surface area contributed by atoms with Crippen LogP contribution < -0.4 is 5.32 Å². The second-order valence-corrected chi connectivity index (χ2v) is 9.93. The molecular weight excluding hydrogens is 443 g/mol. The van der Waals surface area contributed by atoms with Gasteiger partial charge in [0, 0.05) is 11.3 Å². The topological polar surface area (TPSA) is 95.3 Å². The number of anilines is 1. The summed E-state index contributed by atoms with van der Waals surface area (Å²) in [5.41, 5.74) is 1.64. The zero-order valence-corrected chi connectivity index (χ0v) is 18.0.